The summed E-state index contributed by atoms with van der Waals surface area (Å²) in [4.78, 5) is 4.01. The highest BCUT2D eigenvalue weighted by Gasteiger charge is 2.13. The highest BCUT2D eigenvalue weighted by atomic mass is 16.3. The van der Waals surface area contributed by atoms with Crippen molar-refractivity contribution in [3.05, 3.63) is 59.9 Å². The molecule has 0 bridgehead atoms. The fourth-order valence-corrected chi connectivity index (χ4v) is 2.05. The van der Waals surface area contributed by atoms with E-state index in [9.17, 15) is 10.4 Å². The van der Waals surface area contributed by atoms with Crippen molar-refractivity contribution in [3.63, 3.8) is 0 Å². The van der Waals surface area contributed by atoms with Gasteiger partial charge in [-0.05, 0) is 29.8 Å². The molecule has 4 N–H and O–H groups in total. The van der Waals surface area contributed by atoms with Crippen molar-refractivity contribution in [2.75, 3.05) is 10.6 Å². The number of aromatic amines is 1. The van der Waals surface area contributed by atoms with E-state index in [2.05, 4.69) is 31.9 Å². The molecular formula is C16H14N6O. The Hall–Kier alpha value is -3.53. The number of hydrogen-bond acceptors (Lipinski definition) is 6. The van der Waals surface area contributed by atoms with Crippen LogP contribution in [0.25, 0.3) is 0 Å². The van der Waals surface area contributed by atoms with E-state index in [4.69, 9.17) is 0 Å². The first-order valence-electron chi connectivity index (χ1n) is 6.93. The molecule has 3 rings (SSSR count). The van der Waals surface area contributed by atoms with Gasteiger partial charge in [0.05, 0.1) is 11.9 Å². The number of H-pyrrole nitrogens is 1. The highest BCUT2D eigenvalue weighted by Crippen LogP contribution is 2.23. The van der Waals surface area contributed by atoms with Crippen molar-refractivity contribution in [3.8, 4) is 11.8 Å². The maximum absolute atomic E-state index is 9.36. The van der Waals surface area contributed by atoms with Crippen LogP contribution < -0.4 is 10.6 Å². The normalized spacial score (nSPS) is 10.0. The van der Waals surface area contributed by atoms with E-state index in [1.165, 1.54) is 0 Å². The van der Waals surface area contributed by atoms with Gasteiger partial charge in [0.15, 0.2) is 5.82 Å². The third-order valence-corrected chi connectivity index (χ3v) is 3.21. The van der Waals surface area contributed by atoms with Gasteiger partial charge in [0.1, 0.15) is 23.2 Å². The molecule has 0 unspecified atom stereocenters. The molecule has 0 aliphatic rings. The van der Waals surface area contributed by atoms with Gasteiger partial charge in [-0.1, -0.05) is 12.1 Å². The lowest BCUT2D eigenvalue weighted by molar-refractivity contribution is 0.475. The zero-order chi connectivity index (χ0) is 16.1. The lowest BCUT2D eigenvalue weighted by atomic mass is 10.2. The van der Waals surface area contributed by atoms with Crippen LogP contribution in [0, 0.1) is 11.3 Å². The van der Waals surface area contributed by atoms with Crippen LogP contribution in [-0.4, -0.2) is 20.3 Å². The van der Waals surface area contributed by atoms with Crippen molar-refractivity contribution in [1.29, 1.82) is 5.26 Å². The zero-order valence-corrected chi connectivity index (χ0v) is 12.1. The summed E-state index contributed by atoms with van der Waals surface area (Å²) in [5, 5.41) is 31.7. The van der Waals surface area contributed by atoms with Crippen LogP contribution in [0.4, 0.5) is 17.3 Å². The van der Waals surface area contributed by atoms with Gasteiger partial charge in [0.25, 0.3) is 0 Å². The van der Waals surface area contributed by atoms with Crippen molar-refractivity contribution < 1.29 is 5.11 Å². The molecular weight excluding hydrogens is 292 g/mol. The van der Waals surface area contributed by atoms with Gasteiger partial charge in [0, 0.05) is 12.7 Å². The minimum atomic E-state index is 0.217. The second-order valence-electron chi connectivity index (χ2n) is 4.82. The van der Waals surface area contributed by atoms with Gasteiger partial charge < -0.3 is 15.7 Å². The Bertz CT molecular complexity index is 820. The van der Waals surface area contributed by atoms with Gasteiger partial charge in [0.2, 0.25) is 0 Å². The molecule has 0 atom stereocenters. The van der Waals surface area contributed by atoms with Gasteiger partial charge in [-0.3, -0.25) is 10.1 Å². The van der Waals surface area contributed by atoms with Gasteiger partial charge >= 0.3 is 0 Å². The van der Waals surface area contributed by atoms with Crippen LogP contribution in [0.15, 0.2) is 48.8 Å². The molecule has 0 aliphatic heterocycles. The first-order valence-corrected chi connectivity index (χ1v) is 6.93. The molecule has 7 heteroatoms. The van der Waals surface area contributed by atoms with E-state index in [1.54, 1.807) is 42.7 Å². The molecule has 0 fully saturated rings. The number of aromatic hydroxyl groups is 1. The average Bonchev–Trinajstić information content (AvgIpc) is 2.97. The number of anilines is 3. The van der Waals surface area contributed by atoms with E-state index >= 15 is 0 Å². The van der Waals surface area contributed by atoms with E-state index in [-0.39, 0.29) is 5.75 Å². The predicted octanol–water partition coefficient (Wildman–Crippen LogP) is 2.74. The summed E-state index contributed by atoms with van der Waals surface area (Å²) >= 11 is 0. The quantitative estimate of drug-likeness (QED) is 0.577. The van der Waals surface area contributed by atoms with Crippen molar-refractivity contribution in [2.24, 2.45) is 0 Å². The Morgan fingerprint density at radius 3 is 2.74 bits per heavy atom. The number of nitrogens with one attached hydrogen (secondary N) is 3. The van der Waals surface area contributed by atoms with Gasteiger partial charge in [-0.25, -0.2) is 0 Å². The molecule has 7 nitrogen and oxygen atoms in total. The van der Waals surface area contributed by atoms with Crippen LogP contribution in [-0.2, 0) is 6.54 Å². The molecule has 114 valence electrons. The minimum absolute atomic E-state index is 0.217. The molecule has 0 aliphatic carbocycles. The molecule has 0 saturated carbocycles. The maximum Gasteiger partial charge on any atom is 0.168 e. The third-order valence-electron chi connectivity index (χ3n) is 3.21. The number of hydrogen-bond donors (Lipinski definition) is 4. The summed E-state index contributed by atoms with van der Waals surface area (Å²) in [6, 6.07) is 12.6. The zero-order valence-electron chi connectivity index (χ0n) is 12.1. The summed E-state index contributed by atoms with van der Waals surface area (Å²) in [6.07, 6.45) is 3.33. The second kappa shape index (κ2) is 6.49. The summed E-state index contributed by atoms with van der Waals surface area (Å²) < 4.78 is 0. The summed E-state index contributed by atoms with van der Waals surface area (Å²) in [5.74, 6) is 1.19. The molecule has 0 spiro atoms. The Kier molecular flexibility index (Phi) is 4.07. The fourth-order valence-electron chi connectivity index (χ4n) is 2.05. The highest BCUT2D eigenvalue weighted by molar-refractivity contribution is 5.69. The Balaban J connectivity index is 1.73. The molecule has 0 saturated heterocycles. The largest absolute Gasteiger partial charge is 0.508 e. The van der Waals surface area contributed by atoms with Crippen LogP contribution in [0.2, 0.25) is 0 Å². The number of nitriles is 1. The van der Waals surface area contributed by atoms with Crippen molar-refractivity contribution in [1.82, 2.24) is 15.2 Å². The van der Waals surface area contributed by atoms with Crippen LogP contribution in [0.3, 0.4) is 0 Å². The SMILES string of the molecule is N#Cc1c(NCc2ccc(O)cc2)n[nH]c1Nc1cccnc1. The van der Waals surface area contributed by atoms with Crippen molar-refractivity contribution >= 4 is 17.3 Å². The molecule has 23 heavy (non-hydrogen) atoms. The number of benzene rings is 1. The topological polar surface area (TPSA) is 110 Å². The third kappa shape index (κ3) is 3.39. The summed E-state index contributed by atoms with van der Waals surface area (Å²) in [6.45, 7) is 0.492. The number of phenolic OH excluding ortho intramolecular Hbond substituents is 1. The standard InChI is InChI=1S/C16H14N6O/c17-8-14-15(19-9-11-3-5-13(23)6-4-11)21-22-16(14)20-12-2-1-7-18-10-12/h1-7,10,23H,9H2,(H3,19,20,21,22). The summed E-state index contributed by atoms with van der Waals surface area (Å²) in [7, 11) is 0. The predicted molar refractivity (Wildman–Crippen MR) is 86.3 cm³/mol. The Morgan fingerprint density at radius 1 is 1.22 bits per heavy atom. The first kappa shape index (κ1) is 14.4. The minimum Gasteiger partial charge on any atom is -0.508 e. The van der Waals surface area contributed by atoms with E-state index in [0.29, 0.717) is 23.7 Å². The molecule has 3 aromatic rings. The number of rotatable bonds is 5. The Labute approximate surface area is 132 Å². The molecule has 2 aromatic heterocycles. The smallest absolute Gasteiger partial charge is 0.168 e. The van der Waals surface area contributed by atoms with Gasteiger partial charge in [-0.2, -0.15) is 10.4 Å². The molecule has 1 aromatic carbocycles. The van der Waals surface area contributed by atoms with E-state index < -0.39 is 0 Å². The number of phenols is 1. The monoisotopic (exact) mass is 306 g/mol. The molecule has 0 amide bonds. The van der Waals surface area contributed by atoms with Gasteiger partial charge in [-0.15, -0.1) is 0 Å². The summed E-state index contributed by atoms with van der Waals surface area (Å²) in [5.41, 5.74) is 2.13. The second-order valence-corrected chi connectivity index (χ2v) is 4.82. The van der Waals surface area contributed by atoms with Crippen LogP contribution >= 0.6 is 0 Å². The first-order chi connectivity index (χ1) is 11.3. The maximum atomic E-state index is 9.36. The lowest BCUT2D eigenvalue weighted by Gasteiger charge is -2.05. The number of aromatic nitrogens is 3. The van der Waals surface area contributed by atoms with Crippen LogP contribution in [0.1, 0.15) is 11.1 Å². The number of nitrogens with zero attached hydrogens (tertiary/aromatic N) is 3. The number of pyridine rings is 1. The fraction of sp³-hybridized carbons (Fsp3) is 0.0625. The Morgan fingerprint density at radius 2 is 2.04 bits per heavy atom. The van der Waals surface area contributed by atoms with E-state index in [0.717, 1.165) is 11.3 Å². The van der Waals surface area contributed by atoms with Crippen molar-refractivity contribution in [2.45, 2.75) is 6.54 Å². The van der Waals surface area contributed by atoms with E-state index in [1.807, 2.05) is 6.07 Å². The molecule has 2 heterocycles. The lowest BCUT2D eigenvalue weighted by Crippen LogP contribution is -2.01. The van der Waals surface area contributed by atoms with Crippen LogP contribution in [0.5, 0.6) is 5.75 Å². The molecule has 0 radical (unpaired) electrons. The average molecular weight is 306 g/mol.